The molecule has 1 aromatic heterocycles. The van der Waals surface area contributed by atoms with Crippen LogP contribution in [0.4, 0.5) is 21.6 Å². The number of pyridine rings is 1. The molecule has 1 amide bonds. The number of benzene rings is 2. The standard InChI is InChI=1S/C19H15ClFN3O2/c1-26-14-8-5-12(6-9-14)23-13-7-10-17(22-11-13)24-19(25)18-15(20)3-2-4-16(18)21/h2-11,23H,1H3,(H,22,24,25). The molecule has 0 radical (unpaired) electrons. The number of hydrogen-bond donors (Lipinski definition) is 2. The highest BCUT2D eigenvalue weighted by Gasteiger charge is 2.16. The average Bonchev–Trinajstić information content (AvgIpc) is 2.64. The second-order valence-corrected chi connectivity index (χ2v) is 5.74. The van der Waals surface area contributed by atoms with Crippen molar-refractivity contribution in [1.82, 2.24) is 4.98 Å². The van der Waals surface area contributed by atoms with Crippen LogP contribution in [-0.2, 0) is 0 Å². The van der Waals surface area contributed by atoms with Crippen LogP contribution in [0, 0.1) is 5.82 Å². The molecule has 0 aliphatic heterocycles. The lowest BCUT2D eigenvalue weighted by atomic mass is 10.2. The number of rotatable bonds is 5. The van der Waals surface area contributed by atoms with Gasteiger partial charge in [0, 0.05) is 5.69 Å². The van der Waals surface area contributed by atoms with E-state index in [2.05, 4.69) is 15.6 Å². The molecule has 0 fully saturated rings. The Balaban J connectivity index is 1.68. The number of nitrogens with zero attached hydrogens (tertiary/aromatic N) is 1. The summed E-state index contributed by atoms with van der Waals surface area (Å²) in [6.07, 6.45) is 1.56. The summed E-state index contributed by atoms with van der Waals surface area (Å²) in [5.74, 6) is -0.294. The van der Waals surface area contributed by atoms with Crippen molar-refractivity contribution in [2.75, 3.05) is 17.7 Å². The van der Waals surface area contributed by atoms with Gasteiger partial charge in [-0.1, -0.05) is 17.7 Å². The van der Waals surface area contributed by atoms with Gasteiger partial charge in [0.15, 0.2) is 0 Å². The minimum Gasteiger partial charge on any atom is -0.497 e. The van der Waals surface area contributed by atoms with Gasteiger partial charge in [-0.2, -0.15) is 0 Å². The summed E-state index contributed by atoms with van der Waals surface area (Å²) >= 11 is 5.89. The van der Waals surface area contributed by atoms with E-state index in [-0.39, 0.29) is 16.4 Å². The number of nitrogens with one attached hydrogen (secondary N) is 2. The molecule has 0 spiro atoms. The highest BCUT2D eigenvalue weighted by atomic mass is 35.5. The molecule has 26 heavy (non-hydrogen) atoms. The molecule has 0 aliphatic rings. The third kappa shape index (κ3) is 4.10. The SMILES string of the molecule is COc1ccc(Nc2ccc(NC(=O)c3c(F)cccc3Cl)nc2)cc1. The van der Waals surface area contributed by atoms with E-state index in [9.17, 15) is 9.18 Å². The fourth-order valence-electron chi connectivity index (χ4n) is 2.28. The molecule has 0 saturated heterocycles. The summed E-state index contributed by atoms with van der Waals surface area (Å²) in [6.45, 7) is 0. The van der Waals surface area contributed by atoms with Crippen LogP contribution < -0.4 is 15.4 Å². The zero-order chi connectivity index (χ0) is 18.5. The second kappa shape index (κ2) is 7.84. The summed E-state index contributed by atoms with van der Waals surface area (Å²) in [4.78, 5) is 16.3. The first kappa shape index (κ1) is 17.7. The highest BCUT2D eigenvalue weighted by molar-refractivity contribution is 6.34. The lowest BCUT2D eigenvalue weighted by Gasteiger charge is -2.09. The molecular weight excluding hydrogens is 357 g/mol. The molecule has 2 aromatic carbocycles. The van der Waals surface area contributed by atoms with E-state index < -0.39 is 11.7 Å². The van der Waals surface area contributed by atoms with Crippen LogP contribution in [0.2, 0.25) is 5.02 Å². The summed E-state index contributed by atoms with van der Waals surface area (Å²) in [5.41, 5.74) is 1.39. The van der Waals surface area contributed by atoms with Crippen molar-refractivity contribution >= 4 is 34.7 Å². The summed E-state index contributed by atoms with van der Waals surface area (Å²) < 4.78 is 18.9. The monoisotopic (exact) mass is 371 g/mol. The van der Waals surface area contributed by atoms with E-state index in [0.717, 1.165) is 17.1 Å². The minimum absolute atomic E-state index is 0.0419. The van der Waals surface area contributed by atoms with E-state index in [1.165, 1.54) is 18.2 Å². The number of hydrogen-bond acceptors (Lipinski definition) is 4. The van der Waals surface area contributed by atoms with Crippen molar-refractivity contribution in [3.05, 3.63) is 77.2 Å². The molecule has 0 bridgehead atoms. The lowest BCUT2D eigenvalue weighted by Crippen LogP contribution is -2.15. The van der Waals surface area contributed by atoms with Gasteiger partial charge in [0.2, 0.25) is 0 Å². The van der Waals surface area contributed by atoms with E-state index in [4.69, 9.17) is 16.3 Å². The number of anilines is 3. The zero-order valence-corrected chi connectivity index (χ0v) is 14.5. The largest absolute Gasteiger partial charge is 0.497 e. The van der Waals surface area contributed by atoms with E-state index >= 15 is 0 Å². The molecule has 5 nitrogen and oxygen atoms in total. The van der Waals surface area contributed by atoms with Crippen LogP contribution in [-0.4, -0.2) is 18.0 Å². The van der Waals surface area contributed by atoms with Gasteiger partial charge in [-0.3, -0.25) is 4.79 Å². The van der Waals surface area contributed by atoms with E-state index in [0.29, 0.717) is 0 Å². The molecule has 0 unspecified atom stereocenters. The van der Waals surface area contributed by atoms with Gasteiger partial charge in [0.05, 0.1) is 29.6 Å². The molecule has 3 aromatic rings. The smallest absolute Gasteiger partial charge is 0.261 e. The quantitative estimate of drug-likeness (QED) is 0.671. The van der Waals surface area contributed by atoms with Gasteiger partial charge in [0.1, 0.15) is 17.4 Å². The molecule has 0 atom stereocenters. The maximum absolute atomic E-state index is 13.8. The predicted molar refractivity (Wildman–Crippen MR) is 99.9 cm³/mol. The van der Waals surface area contributed by atoms with Gasteiger partial charge in [0.25, 0.3) is 5.91 Å². The van der Waals surface area contributed by atoms with Crippen LogP contribution in [0.3, 0.4) is 0 Å². The second-order valence-electron chi connectivity index (χ2n) is 5.34. The Morgan fingerprint density at radius 2 is 1.81 bits per heavy atom. The summed E-state index contributed by atoms with van der Waals surface area (Å²) in [5, 5.41) is 5.74. The highest BCUT2D eigenvalue weighted by Crippen LogP contribution is 2.22. The number of amides is 1. The Bertz CT molecular complexity index is 895. The maximum atomic E-state index is 13.8. The number of halogens is 2. The van der Waals surface area contributed by atoms with Gasteiger partial charge in [-0.25, -0.2) is 9.37 Å². The Morgan fingerprint density at radius 3 is 2.42 bits per heavy atom. The van der Waals surface area contributed by atoms with Crippen molar-refractivity contribution in [1.29, 1.82) is 0 Å². The Kier molecular flexibility index (Phi) is 5.34. The van der Waals surface area contributed by atoms with Crippen LogP contribution in [0.1, 0.15) is 10.4 Å². The van der Waals surface area contributed by atoms with Crippen molar-refractivity contribution in [3.63, 3.8) is 0 Å². The maximum Gasteiger partial charge on any atom is 0.261 e. The van der Waals surface area contributed by atoms with Gasteiger partial charge < -0.3 is 15.4 Å². The third-order valence-electron chi connectivity index (χ3n) is 3.57. The molecule has 7 heteroatoms. The summed E-state index contributed by atoms with van der Waals surface area (Å²) in [6, 6.07) is 14.8. The molecule has 132 valence electrons. The Labute approximate surface area is 154 Å². The number of methoxy groups -OCH3 is 1. The molecule has 1 heterocycles. The van der Waals surface area contributed by atoms with Crippen molar-refractivity contribution < 1.29 is 13.9 Å². The Hall–Kier alpha value is -3.12. The van der Waals surface area contributed by atoms with Crippen LogP contribution in [0.5, 0.6) is 5.75 Å². The summed E-state index contributed by atoms with van der Waals surface area (Å²) in [7, 11) is 1.61. The van der Waals surface area contributed by atoms with Gasteiger partial charge >= 0.3 is 0 Å². The van der Waals surface area contributed by atoms with Crippen LogP contribution in [0.15, 0.2) is 60.8 Å². The van der Waals surface area contributed by atoms with Crippen molar-refractivity contribution in [3.8, 4) is 5.75 Å². The van der Waals surface area contributed by atoms with Gasteiger partial charge in [-0.05, 0) is 48.5 Å². The Morgan fingerprint density at radius 1 is 1.08 bits per heavy atom. The van der Waals surface area contributed by atoms with E-state index in [1.54, 1.807) is 25.4 Å². The topological polar surface area (TPSA) is 63.2 Å². The number of carbonyl (C=O) groups is 1. The fourth-order valence-corrected chi connectivity index (χ4v) is 2.53. The first-order valence-electron chi connectivity index (χ1n) is 7.69. The van der Waals surface area contributed by atoms with Crippen molar-refractivity contribution in [2.45, 2.75) is 0 Å². The lowest BCUT2D eigenvalue weighted by molar-refractivity contribution is 0.102. The number of ether oxygens (including phenoxy) is 1. The first-order valence-corrected chi connectivity index (χ1v) is 8.07. The fraction of sp³-hybridized carbons (Fsp3) is 0.0526. The molecule has 2 N–H and O–H groups in total. The average molecular weight is 372 g/mol. The first-order chi connectivity index (χ1) is 12.6. The normalized spacial score (nSPS) is 10.3. The van der Waals surface area contributed by atoms with Crippen LogP contribution in [0.25, 0.3) is 0 Å². The molecule has 3 rings (SSSR count). The molecule has 0 aliphatic carbocycles. The number of aromatic nitrogens is 1. The minimum atomic E-state index is -0.687. The third-order valence-corrected chi connectivity index (χ3v) is 3.89. The van der Waals surface area contributed by atoms with Crippen molar-refractivity contribution in [2.24, 2.45) is 0 Å². The number of carbonyl (C=O) groups excluding carboxylic acids is 1. The zero-order valence-electron chi connectivity index (χ0n) is 13.8. The molecular formula is C19H15ClFN3O2. The van der Waals surface area contributed by atoms with E-state index in [1.807, 2.05) is 24.3 Å². The van der Waals surface area contributed by atoms with Gasteiger partial charge in [-0.15, -0.1) is 0 Å². The van der Waals surface area contributed by atoms with Crippen LogP contribution >= 0.6 is 11.6 Å². The molecule has 0 saturated carbocycles. The predicted octanol–water partition coefficient (Wildman–Crippen LogP) is 4.88.